The number of alkyl halides is 3. The van der Waals surface area contributed by atoms with Crippen LogP contribution in [0.25, 0.3) is 6.08 Å². The highest BCUT2D eigenvalue weighted by molar-refractivity contribution is 7.09. The SMILES string of the molecule is N#C/C(=C/c1ccc(COc2cccc(C(F)(F)F)c2)o1)C(=O)NCc1cccs1. The van der Waals surface area contributed by atoms with Gasteiger partial charge in [-0.05, 0) is 41.8 Å². The Bertz CT molecular complexity index is 1080. The van der Waals surface area contributed by atoms with Gasteiger partial charge in [0.1, 0.15) is 35.5 Å². The number of nitrogens with one attached hydrogen (secondary N) is 1. The van der Waals surface area contributed by atoms with Crippen molar-refractivity contribution in [3.8, 4) is 11.8 Å². The molecule has 1 N–H and O–H groups in total. The number of ether oxygens (including phenoxy) is 1. The molecule has 2 heterocycles. The molecule has 0 bridgehead atoms. The minimum Gasteiger partial charge on any atom is -0.486 e. The molecule has 154 valence electrons. The van der Waals surface area contributed by atoms with Crippen LogP contribution in [0.2, 0.25) is 0 Å². The van der Waals surface area contributed by atoms with E-state index in [4.69, 9.17) is 9.15 Å². The maximum Gasteiger partial charge on any atom is 0.416 e. The van der Waals surface area contributed by atoms with Gasteiger partial charge in [-0.15, -0.1) is 11.3 Å². The third-order valence-electron chi connectivity index (χ3n) is 3.88. The molecule has 3 rings (SSSR count). The molecule has 1 aromatic carbocycles. The van der Waals surface area contributed by atoms with Gasteiger partial charge in [0.05, 0.1) is 12.1 Å². The zero-order chi connectivity index (χ0) is 21.6. The van der Waals surface area contributed by atoms with Crippen LogP contribution < -0.4 is 10.1 Å². The van der Waals surface area contributed by atoms with Crippen molar-refractivity contribution in [2.24, 2.45) is 0 Å². The molecule has 1 amide bonds. The van der Waals surface area contributed by atoms with Crippen molar-refractivity contribution in [1.82, 2.24) is 5.32 Å². The summed E-state index contributed by atoms with van der Waals surface area (Å²) in [5.41, 5.74) is -0.943. The number of rotatable bonds is 7. The average Bonchev–Trinajstić information content (AvgIpc) is 3.40. The smallest absolute Gasteiger partial charge is 0.416 e. The number of hydrogen-bond acceptors (Lipinski definition) is 5. The van der Waals surface area contributed by atoms with Crippen molar-refractivity contribution in [2.45, 2.75) is 19.3 Å². The summed E-state index contributed by atoms with van der Waals surface area (Å²) in [7, 11) is 0. The van der Waals surface area contributed by atoms with Gasteiger partial charge in [0, 0.05) is 11.0 Å². The molecule has 0 saturated heterocycles. The van der Waals surface area contributed by atoms with E-state index in [-0.39, 0.29) is 23.7 Å². The van der Waals surface area contributed by atoms with Crippen LogP contribution >= 0.6 is 11.3 Å². The molecule has 0 atom stereocenters. The van der Waals surface area contributed by atoms with Gasteiger partial charge in [0.25, 0.3) is 5.91 Å². The number of benzene rings is 1. The molecule has 0 aliphatic rings. The molecule has 0 saturated carbocycles. The summed E-state index contributed by atoms with van der Waals surface area (Å²) in [5, 5.41) is 13.8. The van der Waals surface area contributed by atoms with E-state index in [9.17, 15) is 23.2 Å². The number of carbonyl (C=O) groups excluding carboxylic acids is 1. The molecule has 5 nitrogen and oxygen atoms in total. The second kappa shape index (κ2) is 9.33. The van der Waals surface area contributed by atoms with Crippen LogP contribution in [0.15, 0.2) is 63.9 Å². The second-order valence-electron chi connectivity index (χ2n) is 6.05. The quantitative estimate of drug-likeness (QED) is 0.413. The standard InChI is InChI=1S/C21H15F3N2O3S/c22-21(23,24)15-3-1-4-16(10-15)28-13-18-7-6-17(29-18)9-14(11-25)20(27)26-12-19-5-2-8-30-19/h1-10H,12-13H2,(H,26,27)/b14-9-. The van der Waals surface area contributed by atoms with E-state index in [1.54, 1.807) is 6.07 Å². The van der Waals surface area contributed by atoms with E-state index in [0.717, 1.165) is 17.0 Å². The fourth-order valence-electron chi connectivity index (χ4n) is 2.43. The van der Waals surface area contributed by atoms with Crippen LogP contribution in [-0.2, 0) is 24.1 Å². The number of hydrogen-bond donors (Lipinski definition) is 1. The van der Waals surface area contributed by atoms with Gasteiger partial charge < -0.3 is 14.5 Å². The van der Waals surface area contributed by atoms with Crippen LogP contribution in [0.1, 0.15) is 22.0 Å². The Kier molecular flexibility index (Phi) is 6.59. The number of halogens is 3. The van der Waals surface area contributed by atoms with Crippen molar-refractivity contribution in [3.05, 3.63) is 81.4 Å². The van der Waals surface area contributed by atoms with E-state index in [1.165, 1.54) is 35.6 Å². The van der Waals surface area contributed by atoms with E-state index in [2.05, 4.69) is 5.32 Å². The highest BCUT2D eigenvalue weighted by atomic mass is 32.1. The zero-order valence-corrected chi connectivity index (χ0v) is 16.2. The number of amides is 1. The van der Waals surface area contributed by atoms with Crippen LogP contribution in [0.5, 0.6) is 5.75 Å². The molecular weight excluding hydrogens is 417 g/mol. The first-order valence-corrected chi connectivity index (χ1v) is 9.54. The number of thiophene rings is 1. The zero-order valence-electron chi connectivity index (χ0n) is 15.4. The Morgan fingerprint density at radius 3 is 2.77 bits per heavy atom. The molecule has 0 aliphatic carbocycles. The average molecular weight is 432 g/mol. The Hall–Kier alpha value is -3.51. The van der Waals surface area contributed by atoms with Crippen LogP contribution in [-0.4, -0.2) is 5.91 Å². The van der Waals surface area contributed by atoms with Crippen molar-refractivity contribution < 1.29 is 27.1 Å². The van der Waals surface area contributed by atoms with Gasteiger partial charge >= 0.3 is 6.18 Å². The fourth-order valence-corrected chi connectivity index (χ4v) is 3.08. The van der Waals surface area contributed by atoms with Crippen LogP contribution in [0, 0.1) is 11.3 Å². The molecule has 30 heavy (non-hydrogen) atoms. The van der Waals surface area contributed by atoms with Gasteiger partial charge in [0.15, 0.2) is 0 Å². The second-order valence-corrected chi connectivity index (χ2v) is 7.08. The lowest BCUT2D eigenvalue weighted by atomic mass is 10.2. The topological polar surface area (TPSA) is 75.3 Å². The summed E-state index contributed by atoms with van der Waals surface area (Å²) in [6.45, 7) is 0.200. The summed E-state index contributed by atoms with van der Waals surface area (Å²) >= 11 is 1.49. The van der Waals surface area contributed by atoms with Crippen LogP contribution in [0.4, 0.5) is 13.2 Å². The summed E-state index contributed by atoms with van der Waals surface area (Å²) in [4.78, 5) is 13.1. The third-order valence-corrected chi connectivity index (χ3v) is 4.76. The van der Waals surface area contributed by atoms with Crippen molar-refractivity contribution >= 4 is 23.3 Å². The van der Waals surface area contributed by atoms with Crippen molar-refractivity contribution in [1.29, 1.82) is 5.26 Å². The van der Waals surface area contributed by atoms with Crippen molar-refractivity contribution in [2.75, 3.05) is 0 Å². The van der Waals surface area contributed by atoms with E-state index >= 15 is 0 Å². The lowest BCUT2D eigenvalue weighted by Gasteiger charge is -2.09. The number of nitriles is 1. The Balaban J connectivity index is 1.61. The molecule has 0 spiro atoms. The minimum atomic E-state index is -4.46. The number of furan rings is 1. The number of carbonyl (C=O) groups is 1. The van der Waals surface area contributed by atoms with E-state index < -0.39 is 17.6 Å². The van der Waals surface area contributed by atoms with Crippen molar-refractivity contribution in [3.63, 3.8) is 0 Å². The molecule has 0 fully saturated rings. The highest BCUT2D eigenvalue weighted by Gasteiger charge is 2.30. The monoisotopic (exact) mass is 432 g/mol. The first kappa shape index (κ1) is 21.2. The van der Waals surface area contributed by atoms with Crippen LogP contribution in [0.3, 0.4) is 0 Å². The Labute approximate surface area is 174 Å². The summed E-state index contributed by atoms with van der Waals surface area (Å²) in [5.74, 6) is 0.0865. The van der Waals surface area contributed by atoms with Gasteiger partial charge in [-0.3, -0.25) is 4.79 Å². The normalized spacial score (nSPS) is 11.7. The first-order valence-electron chi connectivity index (χ1n) is 8.66. The predicted molar refractivity (Wildman–Crippen MR) is 104 cm³/mol. The highest BCUT2D eigenvalue weighted by Crippen LogP contribution is 2.31. The first-order chi connectivity index (χ1) is 14.3. The third kappa shape index (κ3) is 5.75. The lowest BCUT2D eigenvalue weighted by Crippen LogP contribution is -2.23. The summed E-state index contributed by atoms with van der Waals surface area (Å²) in [6.07, 6.45) is -3.17. The summed E-state index contributed by atoms with van der Waals surface area (Å²) in [6, 6.07) is 13.1. The molecule has 2 aromatic heterocycles. The fraction of sp³-hybridized carbons (Fsp3) is 0.143. The number of nitrogens with zero attached hydrogens (tertiary/aromatic N) is 1. The summed E-state index contributed by atoms with van der Waals surface area (Å²) < 4.78 is 49.1. The predicted octanol–water partition coefficient (Wildman–Crippen LogP) is 5.16. The molecule has 0 radical (unpaired) electrons. The molecule has 0 unspecified atom stereocenters. The van der Waals surface area contributed by atoms with Gasteiger partial charge in [-0.25, -0.2) is 0 Å². The lowest BCUT2D eigenvalue weighted by molar-refractivity contribution is -0.137. The largest absolute Gasteiger partial charge is 0.486 e. The van der Waals surface area contributed by atoms with E-state index in [0.29, 0.717) is 12.3 Å². The maximum atomic E-state index is 12.8. The minimum absolute atomic E-state index is 0.0454. The molecule has 0 aliphatic heterocycles. The molecule has 3 aromatic rings. The Morgan fingerprint density at radius 1 is 1.23 bits per heavy atom. The van der Waals surface area contributed by atoms with Gasteiger partial charge in [0.2, 0.25) is 0 Å². The Morgan fingerprint density at radius 2 is 2.07 bits per heavy atom. The van der Waals surface area contributed by atoms with Gasteiger partial charge in [-0.2, -0.15) is 18.4 Å². The van der Waals surface area contributed by atoms with Gasteiger partial charge in [-0.1, -0.05) is 12.1 Å². The molecule has 9 heteroatoms. The van der Waals surface area contributed by atoms with E-state index in [1.807, 2.05) is 23.6 Å². The maximum absolute atomic E-state index is 12.8. The molecular formula is C21H15F3N2O3S.